The summed E-state index contributed by atoms with van der Waals surface area (Å²) in [5.41, 5.74) is 9.40. The zero-order valence-corrected chi connectivity index (χ0v) is 9.81. The second-order valence-electron chi connectivity index (χ2n) is 3.98. The van der Waals surface area contributed by atoms with Gasteiger partial charge in [0.05, 0.1) is 0 Å². The van der Waals surface area contributed by atoms with Gasteiger partial charge in [-0.1, -0.05) is 43.3 Å². The maximum absolute atomic E-state index is 11.5. The molecular weight excluding hydrogens is 210 g/mol. The van der Waals surface area contributed by atoms with E-state index >= 15 is 0 Å². The highest BCUT2D eigenvalue weighted by Gasteiger charge is 2.03. The molecule has 0 bridgehead atoms. The second kappa shape index (κ2) is 4.83. The van der Waals surface area contributed by atoms with E-state index in [1.54, 1.807) is 0 Å². The number of Topliss-reactive ketones (excluding diaryl/α,β-unsaturated/α-hetero) is 1. The lowest BCUT2D eigenvalue weighted by molar-refractivity contribution is 0.0988. The first-order valence-electron chi connectivity index (χ1n) is 5.70. The highest BCUT2D eigenvalue weighted by Crippen LogP contribution is 2.22. The van der Waals surface area contributed by atoms with Crippen molar-refractivity contribution >= 4 is 11.5 Å². The van der Waals surface area contributed by atoms with Crippen molar-refractivity contribution < 1.29 is 4.79 Å². The normalized spacial score (nSPS) is 10.2. The molecule has 2 rings (SSSR count). The Hall–Kier alpha value is -2.09. The van der Waals surface area contributed by atoms with Gasteiger partial charge in [-0.25, -0.2) is 0 Å². The van der Waals surface area contributed by atoms with E-state index in [4.69, 9.17) is 5.73 Å². The van der Waals surface area contributed by atoms with E-state index in [1.165, 1.54) is 0 Å². The third kappa shape index (κ3) is 2.53. The summed E-state index contributed by atoms with van der Waals surface area (Å²) in [6.45, 7) is 1.87. The van der Waals surface area contributed by atoms with Gasteiger partial charge in [0.15, 0.2) is 5.78 Å². The molecular formula is C15H15NO. The Kier molecular flexibility index (Phi) is 3.24. The number of carbonyl (C=O) groups excluding carboxylic acids is 1. The fourth-order valence-corrected chi connectivity index (χ4v) is 1.77. The molecule has 0 unspecified atom stereocenters. The second-order valence-corrected chi connectivity index (χ2v) is 3.98. The lowest BCUT2D eigenvalue weighted by atomic mass is 10.0. The monoisotopic (exact) mass is 225 g/mol. The molecule has 0 radical (unpaired) electrons. The molecule has 86 valence electrons. The third-order valence-electron chi connectivity index (χ3n) is 2.75. The summed E-state index contributed by atoms with van der Waals surface area (Å²) >= 11 is 0. The van der Waals surface area contributed by atoms with Crippen molar-refractivity contribution in [3.8, 4) is 11.1 Å². The Morgan fingerprint density at radius 3 is 2.35 bits per heavy atom. The smallest absolute Gasteiger partial charge is 0.162 e. The van der Waals surface area contributed by atoms with Gasteiger partial charge in [0.2, 0.25) is 0 Å². The molecule has 0 aliphatic carbocycles. The summed E-state index contributed by atoms with van der Waals surface area (Å²) < 4.78 is 0. The van der Waals surface area contributed by atoms with Crippen molar-refractivity contribution in [3.05, 3.63) is 54.1 Å². The summed E-state index contributed by atoms with van der Waals surface area (Å²) in [5, 5.41) is 0. The molecule has 2 heteroatoms. The van der Waals surface area contributed by atoms with Crippen molar-refractivity contribution in [2.24, 2.45) is 0 Å². The summed E-state index contributed by atoms with van der Waals surface area (Å²) in [6.07, 6.45) is 0.539. The first kappa shape index (κ1) is 11.4. The molecule has 0 aliphatic heterocycles. The zero-order chi connectivity index (χ0) is 12.3. The fraction of sp³-hybridized carbons (Fsp3) is 0.133. The van der Waals surface area contributed by atoms with Crippen LogP contribution in [0.4, 0.5) is 5.69 Å². The fourth-order valence-electron chi connectivity index (χ4n) is 1.77. The summed E-state index contributed by atoms with van der Waals surface area (Å²) in [4.78, 5) is 11.5. The number of nitrogen functional groups attached to an aromatic ring is 1. The Bertz CT molecular complexity index is 529. The minimum atomic E-state index is 0.170. The van der Waals surface area contributed by atoms with Crippen LogP contribution in [0.5, 0.6) is 0 Å². The average Bonchev–Trinajstić information content (AvgIpc) is 2.38. The van der Waals surface area contributed by atoms with Crippen molar-refractivity contribution in [2.75, 3.05) is 5.73 Å². The number of hydrogen-bond donors (Lipinski definition) is 1. The van der Waals surface area contributed by atoms with Crippen molar-refractivity contribution in [3.63, 3.8) is 0 Å². The van der Waals surface area contributed by atoms with Crippen molar-refractivity contribution in [1.82, 2.24) is 0 Å². The van der Waals surface area contributed by atoms with E-state index in [9.17, 15) is 4.79 Å². The van der Waals surface area contributed by atoms with Gasteiger partial charge in [0, 0.05) is 17.7 Å². The Balaban J connectivity index is 2.32. The molecule has 0 atom stereocenters. The van der Waals surface area contributed by atoms with Gasteiger partial charge in [-0.05, 0) is 23.3 Å². The van der Waals surface area contributed by atoms with Gasteiger partial charge >= 0.3 is 0 Å². The Morgan fingerprint density at radius 2 is 1.76 bits per heavy atom. The van der Waals surface area contributed by atoms with E-state index in [0.717, 1.165) is 22.4 Å². The summed E-state index contributed by atoms with van der Waals surface area (Å²) in [6, 6.07) is 15.4. The highest BCUT2D eigenvalue weighted by atomic mass is 16.1. The summed E-state index contributed by atoms with van der Waals surface area (Å²) in [7, 11) is 0. The quantitative estimate of drug-likeness (QED) is 0.641. The molecule has 2 N–H and O–H groups in total. The van der Waals surface area contributed by atoms with Crippen LogP contribution >= 0.6 is 0 Å². The molecule has 2 aromatic carbocycles. The molecule has 0 heterocycles. The lowest BCUT2D eigenvalue weighted by Crippen LogP contribution is -1.95. The number of nitrogens with two attached hydrogens (primary N) is 1. The maximum atomic E-state index is 11.5. The van der Waals surface area contributed by atoms with E-state index < -0.39 is 0 Å². The van der Waals surface area contributed by atoms with Crippen LogP contribution in [0.1, 0.15) is 23.7 Å². The van der Waals surface area contributed by atoms with Crippen molar-refractivity contribution in [2.45, 2.75) is 13.3 Å². The number of anilines is 1. The standard InChI is InChI=1S/C15H15NO/c1-2-15(17)12-8-6-11(7-9-12)13-4-3-5-14(16)10-13/h3-10H,2,16H2,1H3. The van der Waals surface area contributed by atoms with Crippen LogP contribution in [-0.4, -0.2) is 5.78 Å². The molecule has 17 heavy (non-hydrogen) atoms. The number of carbonyl (C=O) groups is 1. The predicted molar refractivity (Wildman–Crippen MR) is 70.9 cm³/mol. The van der Waals surface area contributed by atoms with Gasteiger partial charge in [-0.15, -0.1) is 0 Å². The SMILES string of the molecule is CCC(=O)c1ccc(-c2cccc(N)c2)cc1. The van der Waals surface area contributed by atoms with Crippen LogP contribution in [-0.2, 0) is 0 Å². The predicted octanol–water partition coefficient (Wildman–Crippen LogP) is 3.53. The van der Waals surface area contributed by atoms with Crippen LogP contribution in [0.15, 0.2) is 48.5 Å². The van der Waals surface area contributed by atoms with Crippen LogP contribution in [0.25, 0.3) is 11.1 Å². The minimum absolute atomic E-state index is 0.170. The topological polar surface area (TPSA) is 43.1 Å². The van der Waals surface area contributed by atoms with Gasteiger partial charge in [-0.3, -0.25) is 4.79 Å². The van der Waals surface area contributed by atoms with Gasteiger partial charge < -0.3 is 5.73 Å². The molecule has 0 saturated heterocycles. The lowest BCUT2D eigenvalue weighted by Gasteiger charge is -2.04. The molecule has 0 fully saturated rings. The van der Waals surface area contributed by atoms with Gasteiger partial charge in [0.25, 0.3) is 0 Å². The molecule has 0 aromatic heterocycles. The van der Waals surface area contributed by atoms with Crippen molar-refractivity contribution in [1.29, 1.82) is 0 Å². The van der Waals surface area contributed by atoms with E-state index in [-0.39, 0.29) is 5.78 Å². The van der Waals surface area contributed by atoms with E-state index in [2.05, 4.69) is 0 Å². The van der Waals surface area contributed by atoms with Crippen LogP contribution in [0.3, 0.4) is 0 Å². The maximum Gasteiger partial charge on any atom is 0.162 e. The van der Waals surface area contributed by atoms with Crippen LogP contribution in [0.2, 0.25) is 0 Å². The van der Waals surface area contributed by atoms with Gasteiger partial charge in [-0.2, -0.15) is 0 Å². The van der Waals surface area contributed by atoms with Crippen LogP contribution < -0.4 is 5.73 Å². The van der Waals surface area contributed by atoms with E-state index in [1.807, 2.05) is 55.5 Å². The van der Waals surface area contributed by atoms with E-state index in [0.29, 0.717) is 6.42 Å². The zero-order valence-electron chi connectivity index (χ0n) is 9.81. The molecule has 2 aromatic rings. The molecule has 0 aliphatic rings. The highest BCUT2D eigenvalue weighted by molar-refractivity contribution is 5.96. The first-order valence-corrected chi connectivity index (χ1v) is 5.70. The minimum Gasteiger partial charge on any atom is -0.399 e. The molecule has 2 nitrogen and oxygen atoms in total. The number of benzene rings is 2. The molecule has 0 amide bonds. The number of hydrogen-bond acceptors (Lipinski definition) is 2. The third-order valence-corrected chi connectivity index (χ3v) is 2.75. The summed E-state index contributed by atoms with van der Waals surface area (Å²) in [5.74, 6) is 0.170. The average molecular weight is 225 g/mol. The largest absolute Gasteiger partial charge is 0.399 e. The first-order chi connectivity index (χ1) is 8.20. The Labute approximate surface area is 101 Å². The number of ketones is 1. The molecule has 0 saturated carbocycles. The Morgan fingerprint density at radius 1 is 1.06 bits per heavy atom. The number of rotatable bonds is 3. The van der Waals surface area contributed by atoms with Gasteiger partial charge in [0.1, 0.15) is 0 Å². The van der Waals surface area contributed by atoms with Crippen LogP contribution in [0, 0.1) is 0 Å². The molecule has 0 spiro atoms.